The van der Waals surface area contributed by atoms with Gasteiger partial charge < -0.3 is 14.8 Å². The number of aromatic nitrogens is 2. The second kappa shape index (κ2) is 7.13. The van der Waals surface area contributed by atoms with Crippen LogP contribution in [-0.2, 0) is 13.6 Å². The third-order valence-corrected chi connectivity index (χ3v) is 3.31. The molecule has 5 heteroatoms. The molecule has 1 aromatic heterocycles. The van der Waals surface area contributed by atoms with E-state index in [1.165, 1.54) is 0 Å². The van der Waals surface area contributed by atoms with Crippen LogP contribution < -0.4 is 14.8 Å². The Kier molecular flexibility index (Phi) is 5.22. The summed E-state index contributed by atoms with van der Waals surface area (Å²) >= 11 is 0. The molecule has 0 unspecified atom stereocenters. The Morgan fingerprint density at radius 2 is 2.05 bits per heavy atom. The third-order valence-electron chi connectivity index (χ3n) is 3.31. The lowest BCUT2D eigenvalue weighted by molar-refractivity contribution is 0.404. The van der Waals surface area contributed by atoms with Crippen molar-refractivity contribution < 1.29 is 9.47 Å². The lowest BCUT2D eigenvalue weighted by atomic mass is 10.1. The van der Waals surface area contributed by atoms with E-state index in [0.29, 0.717) is 0 Å². The molecule has 2 rings (SSSR count). The molecule has 0 aliphatic carbocycles. The van der Waals surface area contributed by atoms with Crippen LogP contribution in [0.5, 0.6) is 11.5 Å². The topological polar surface area (TPSA) is 48.3 Å². The standard InChI is InChI=1S/C16H23N3O2/c1-5-8-17-10-12-11-19(2)18-16(12)14-9-13(20-3)6-7-15(14)21-4/h6-7,9,11,17H,5,8,10H2,1-4H3. The van der Waals surface area contributed by atoms with E-state index in [9.17, 15) is 0 Å². The van der Waals surface area contributed by atoms with Crippen LogP contribution in [0.4, 0.5) is 0 Å². The lowest BCUT2D eigenvalue weighted by Crippen LogP contribution is -2.13. The van der Waals surface area contributed by atoms with Crippen LogP contribution in [0.3, 0.4) is 0 Å². The van der Waals surface area contributed by atoms with Gasteiger partial charge in [-0.1, -0.05) is 6.92 Å². The van der Waals surface area contributed by atoms with E-state index >= 15 is 0 Å². The van der Waals surface area contributed by atoms with E-state index in [1.807, 2.05) is 36.1 Å². The molecule has 0 amide bonds. The third kappa shape index (κ3) is 3.55. The fourth-order valence-corrected chi connectivity index (χ4v) is 2.29. The van der Waals surface area contributed by atoms with E-state index in [4.69, 9.17) is 9.47 Å². The molecule has 1 aromatic carbocycles. The van der Waals surface area contributed by atoms with Gasteiger partial charge in [0.15, 0.2) is 0 Å². The van der Waals surface area contributed by atoms with Crippen molar-refractivity contribution in [3.63, 3.8) is 0 Å². The minimum Gasteiger partial charge on any atom is -0.497 e. The molecule has 0 radical (unpaired) electrons. The highest BCUT2D eigenvalue weighted by molar-refractivity contribution is 5.71. The van der Waals surface area contributed by atoms with Crippen molar-refractivity contribution >= 4 is 0 Å². The number of methoxy groups -OCH3 is 2. The molecule has 0 aliphatic heterocycles. The fourth-order valence-electron chi connectivity index (χ4n) is 2.29. The molecule has 0 saturated carbocycles. The average molecular weight is 289 g/mol. The number of ether oxygens (including phenoxy) is 2. The molecule has 114 valence electrons. The van der Waals surface area contributed by atoms with Crippen molar-refractivity contribution in [2.75, 3.05) is 20.8 Å². The van der Waals surface area contributed by atoms with Gasteiger partial charge in [0.25, 0.3) is 0 Å². The van der Waals surface area contributed by atoms with Crippen LogP contribution in [-0.4, -0.2) is 30.5 Å². The molecule has 5 nitrogen and oxygen atoms in total. The van der Waals surface area contributed by atoms with E-state index in [2.05, 4.69) is 17.3 Å². The average Bonchev–Trinajstić information content (AvgIpc) is 2.87. The molecule has 0 spiro atoms. The Bertz CT molecular complexity index is 593. The summed E-state index contributed by atoms with van der Waals surface area (Å²) < 4.78 is 12.6. The molecule has 1 heterocycles. The Balaban J connectivity index is 2.40. The first-order valence-electron chi connectivity index (χ1n) is 7.15. The number of hydrogen-bond acceptors (Lipinski definition) is 4. The monoisotopic (exact) mass is 289 g/mol. The van der Waals surface area contributed by atoms with E-state index in [0.717, 1.165) is 47.8 Å². The summed E-state index contributed by atoms with van der Waals surface area (Å²) in [6, 6.07) is 5.76. The van der Waals surface area contributed by atoms with Gasteiger partial charge in [0.1, 0.15) is 17.2 Å². The maximum Gasteiger partial charge on any atom is 0.128 e. The second-order valence-corrected chi connectivity index (χ2v) is 4.92. The molecule has 0 aliphatic rings. The van der Waals surface area contributed by atoms with Crippen LogP contribution >= 0.6 is 0 Å². The van der Waals surface area contributed by atoms with Gasteiger partial charge in [0, 0.05) is 30.9 Å². The van der Waals surface area contributed by atoms with Crippen molar-refractivity contribution in [2.24, 2.45) is 7.05 Å². The minimum atomic E-state index is 0.789. The number of nitrogens with zero attached hydrogens (tertiary/aromatic N) is 2. The molecule has 2 aromatic rings. The van der Waals surface area contributed by atoms with Crippen molar-refractivity contribution in [2.45, 2.75) is 19.9 Å². The van der Waals surface area contributed by atoms with Crippen molar-refractivity contribution in [1.82, 2.24) is 15.1 Å². The number of benzene rings is 1. The lowest BCUT2D eigenvalue weighted by Gasteiger charge is -2.10. The van der Waals surface area contributed by atoms with Gasteiger partial charge in [-0.05, 0) is 31.2 Å². The van der Waals surface area contributed by atoms with Crippen molar-refractivity contribution in [1.29, 1.82) is 0 Å². The van der Waals surface area contributed by atoms with Gasteiger partial charge in [-0.15, -0.1) is 0 Å². The summed E-state index contributed by atoms with van der Waals surface area (Å²) in [5, 5.41) is 8.00. The highest BCUT2D eigenvalue weighted by atomic mass is 16.5. The second-order valence-electron chi connectivity index (χ2n) is 4.92. The zero-order valence-electron chi connectivity index (χ0n) is 13.1. The molecule has 21 heavy (non-hydrogen) atoms. The van der Waals surface area contributed by atoms with Gasteiger partial charge in [-0.2, -0.15) is 5.10 Å². The van der Waals surface area contributed by atoms with Crippen LogP contribution in [0.25, 0.3) is 11.3 Å². The summed E-state index contributed by atoms with van der Waals surface area (Å²) in [7, 11) is 5.26. The largest absolute Gasteiger partial charge is 0.497 e. The Morgan fingerprint density at radius 3 is 2.71 bits per heavy atom. The van der Waals surface area contributed by atoms with E-state index < -0.39 is 0 Å². The molecular weight excluding hydrogens is 266 g/mol. The van der Waals surface area contributed by atoms with Crippen LogP contribution in [0.1, 0.15) is 18.9 Å². The Labute approximate surface area is 125 Å². The number of nitrogens with one attached hydrogen (secondary N) is 1. The van der Waals surface area contributed by atoms with Crippen molar-refractivity contribution in [3.8, 4) is 22.8 Å². The zero-order chi connectivity index (χ0) is 15.2. The molecule has 0 saturated heterocycles. The van der Waals surface area contributed by atoms with Crippen LogP contribution in [0, 0.1) is 0 Å². The Morgan fingerprint density at radius 1 is 1.24 bits per heavy atom. The highest BCUT2D eigenvalue weighted by Gasteiger charge is 2.15. The molecule has 0 atom stereocenters. The highest BCUT2D eigenvalue weighted by Crippen LogP contribution is 2.34. The van der Waals surface area contributed by atoms with E-state index in [1.54, 1.807) is 14.2 Å². The first-order valence-corrected chi connectivity index (χ1v) is 7.15. The normalized spacial score (nSPS) is 10.7. The van der Waals surface area contributed by atoms with E-state index in [-0.39, 0.29) is 0 Å². The predicted molar refractivity (Wildman–Crippen MR) is 83.7 cm³/mol. The summed E-state index contributed by atoms with van der Waals surface area (Å²) in [5.41, 5.74) is 3.03. The maximum absolute atomic E-state index is 5.46. The summed E-state index contributed by atoms with van der Waals surface area (Å²) in [5.74, 6) is 1.59. The van der Waals surface area contributed by atoms with Gasteiger partial charge in [-0.3, -0.25) is 4.68 Å². The molecule has 0 bridgehead atoms. The van der Waals surface area contributed by atoms with Crippen molar-refractivity contribution in [3.05, 3.63) is 30.0 Å². The zero-order valence-corrected chi connectivity index (χ0v) is 13.1. The SMILES string of the molecule is CCCNCc1cn(C)nc1-c1cc(OC)ccc1OC. The predicted octanol–water partition coefficient (Wildman–Crippen LogP) is 2.60. The first kappa shape index (κ1) is 15.4. The first-order chi connectivity index (χ1) is 10.2. The number of rotatable bonds is 7. The van der Waals surface area contributed by atoms with Crippen LogP contribution in [0.15, 0.2) is 24.4 Å². The summed E-state index contributed by atoms with van der Waals surface area (Å²) in [6.07, 6.45) is 3.15. The van der Waals surface area contributed by atoms with Gasteiger partial charge in [-0.25, -0.2) is 0 Å². The Hall–Kier alpha value is -2.01. The van der Waals surface area contributed by atoms with Gasteiger partial charge >= 0.3 is 0 Å². The number of hydrogen-bond donors (Lipinski definition) is 1. The quantitative estimate of drug-likeness (QED) is 0.796. The number of aryl methyl sites for hydroxylation is 1. The maximum atomic E-state index is 5.46. The van der Waals surface area contributed by atoms with Gasteiger partial charge in [0.05, 0.1) is 14.2 Å². The smallest absolute Gasteiger partial charge is 0.128 e. The molecular formula is C16H23N3O2. The van der Waals surface area contributed by atoms with Gasteiger partial charge in [0.2, 0.25) is 0 Å². The summed E-state index contributed by atoms with van der Waals surface area (Å²) in [6.45, 7) is 3.93. The summed E-state index contributed by atoms with van der Waals surface area (Å²) in [4.78, 5) is 0. The fraction of sp³-hybridized carbons (Fsp3) is 0.438. The minimum absolute atomic E-state index is 0.789. The molecule has 1 N–H and O–H groups in total. The molecule has 0 fully saturated rings. The van der Waals surface area contributed by atoms with Crippen LogP contribution in [0.2, 0.25) is 0 Å².